The minimum Gasteiger partial charge on any atom is -0.373 e. The molecule has 0 amide bonds. The molecule has 2 heterocycles. The number of nitrogens with zero attached hydrogens (tertiary/aromatic N) is 3. The highest BCUT2D eigenvalue weighted by Gasteiger charge is 2.04. The molecule has 6 nitrogen and oxygen atoms in total. The standard InChI is InChI=1S/C12H14N4O2/c1-13-10-5-3-4-9(14-10)8-16-7-6-15(2)11(17)12(16)18/h3-7H,8H2,1-2H3,(H,13,14). The van der Waals surface area contributed by atoms with Gasteiger partial charge in [0.15, 0.2) is 0 Å². The third kappa shape index (κ3) is 2.32. The van der Waals surface area contributed by atoms with E-state index in [1.165, 1.54) is 9.13 Å². The fraction of sp³-hybridized carbons (Fsp3) is 0.250. The molecule has 0 unspecified atom stereocenters. The molecule has 0 atom stereocenters. The van der Waals surface area contributed by atoms with E-state index in [0.29, 0.717) is 0 Å². The summed E-state index contributed by atoms with van der Waals surface area (Å²) in [7, 11) is 3.32. The molecule has 0 aromatic carbocycles. The summed E-state index contributed by atoms with van der Waals surface area (Å²) in [6, 6.07) is 5.49. The number of aryl methyl sites for hydroxylation is 1. The normalized spacial score (nSPS) is 10.3. The summed E-state index contributed by atoms with van der Waals surface area (Å²) < 4.78 is 2.61. The number of hydrogen-bond donors (Lipinski definition) is 1. The van der Waals surface area contributed by atoms with Gasteiger partial charge in [-0.15, -0.1) is 0 Å². The Kier molecular flexibility index (Phi) is 3.27. The van der Waals surface area contributed by atoms with Crippen LogP contribution in [-0.4, -0.2) is 21.2 Å². The molecule has 0 aliphatic heterocycles. The summed E-state index contributed by atoms with van der Waals surface area (Å²) in [6.07, 6.45) is 3.14. The number of hydrogen-bond acceptors (Lipinski definition) is 4. The van der Waals surface area contributed by atoms with E-state index in [1.54, 1.807) is 26.5 Å². The van der Waals surface area contributed by atoms with E-state index in [2.05, 4.69) is 10.3 Å². The Bertz CT molecular complexity index is 672. The van der Waals surface area contributed by atoms with Gasteiger partial charge in [0, 0.05) is 26.5 Å². The molecular weight excluding hydrogens is 232 g/mol. The third-order valence-electron chi connectivity index (χ3n) is 2.63. The topological polar surface area (TPSA) is 68.9 Å². The summed E-state index contributed by atoms with van der Waals surface area (Å²) in [5, 5.41) is 2.92. The van der Waals surface area contributed by atoms with E-state index in [1.807, 2.05) is 18.2 Å². The van der Waals surface area contributed by atoms with Crippen molar-refractivity contribution in [2.24, 2.45) is 7.05 Å². The Balaban J connectivity index is 2.37. The molecule has 1 N–H and O–H groups in total. The molecule has 0 bridgehead atoms. The van der Waals surface area contributed by atoms with Gasteiger partial charge in [0.1, 0.15) is 5.82 Å². The van der Waals surface area contributed by atoms with Gasteiger partial charge < -0.3 is 14.5 Å². The summed E-state index contributed by atoms with van der Waals surface area (Å²) >= 11 is 0. The molecule has 94 valence electrons. The second-order valence-corrected chi connectivity index (χ2v) is 3.91. The Labute approximate surface area is 104 Å². The van der Waals surface area contributed by atoms with E-state index in [-0.39, 0.29) is 6.54 Å². The van der Waals surface area contributed by atoms with Crippen molar-refractivity contribution in [1.29, 1.82) is 0 Å². The van der Waals surface area contributed by atoms with Crippen LogP contribution >= 0.6 is 0 Å². The monoisotopic (exact) mass is 246 g/mol. The molecule has 6 heteroatoms. The van der Waals surface area contributed by atoms with Crippen LogP contribution in [0.2, 0.25) is 0 Å². The zero-order valence-corrected chi connectivity index (χ0v) is 10.3. The van der Waals surface area contributed by atoms with Gasteiger partial charge in [-0.2, -0.15) is 0 Å². The lowest BCUT2D eigenvalue weighted by Gasteiger charge is -2.07. The first kappa shape index (κ1) is 12.1. The molecule has 0 radical (unpaired) electrons. The smallest absolute Gasteiger partial charge is 0.316 e. The number of nitrogens with one attached hydrogen (secondary N) is 1. The molecule has 18 heavy (non-hydrogen) atoms. The second kappa shape index (κ2) is 4.87. The van der Waals surface area contributed by atoms with E-state index < -0.39 is 11.1 Å². The maximum atomic E-state index is 11.7. The van der Waals surface area contributed by atoms with Crippen LogP contribution in [0.15, 0.2) is 40.2 Å². The van der Waals surface area contributed by atoms with Gasteiger partial charge in [-0.3, -0.25) is 9.59 Å². The van der Waals surface area contributed by atoms with Crippen LogP contribution in [0, 0.1) is 0 Å². The number of anilines is 1. The molecule has 2 aromatic rings. The lowest BCUT2D eigenvalue weighted by Crippen LogP contribution is -2.39. The van der Waals surface area contributed by atoms with E-state index >= 15 is 0 Å². The number of aromatic nitrogens is 3. The van der Waals surface area contributed by atoms with Crippen LogP contribution in [0.3, 0.4) is 0 Å². The Morgan fingerprint density at radius 3 is 2.72 bits per heavy atom. The van der Waals surface area contributed by atoms with E-state index in [4.69, 9.17) is 0 Å². The van der Waals surface area contributed by atoms with Gasteiger partial charge in [-0.05, 0) is 12.1 Å². The van der Waals surface area contributed by atoms with Crippen LogP contribution in [0.25, 0.3) is 0 Å². The first-order valence-corrected chi connectivity index (χ1v) is 5.51. The van der Waals surface area contributed by atoms with Crippen molar-refractivity contribution in [2.45, 2.75) is 6.54 Å². The maximum absolute atomic E-state index is 11.7. The van der Waals surface area contributed by atoms with Crippen LogP contribution in [0.4, 0.5) is 5.82 Å². The van der Waals surface area contributed by atoms with Crippen LogP contribution < -0.4 is 16.4 Å². The first-order chi connectivity index (χ1) is 8.61. The van der Waals surface area contributed by atoms with Gasteiger partial charge in [0.2, 0.25) is 0 Å². The van der Waals surface area contributed by atoms with Gasteiger partial charge in [-0.25, -0.2) is 4.98 Å². The van der Waals surface area contributed by atoms with Crippen LogP contribution in [0.1, 0.15) is 5.69 Å². The van der Waals surface area contributed by atoms with Crippen molar-refractivity contribution in [2.75, 3.05) is 12.4 Å². The van der Waals surface area contributed by atoms with Crippen molar-refractivity contribution in [3.63, 3.8) is 0 Å². The Hall–Kier alpha value is -2.37. The zero-order chi connectivity index (χ0) is 13.1. The van der Waals surface area contributed by atoms with Crippen molar-refractivity contribution >= 4 is 5.82 Å². The lowest BCUT2D eigenvalue weighted by atomic mass is 10.3. The lowest BCUT2D eigenvalue weighted by molar-refractivity contribution is 0.685. The Morgan fingerprint density at radius 1 is 1.22 bits per heavy atom. The quantitative estimate of drug-likeness (QED) is 0.776. The average Bonchev–Trinajstić information content (AvgIpc) is 2.40. The van der Waals surface area contributed by atoms with Gasteiger partial charge in [0.25, 0.3) is 0 Å². The largest absolute Gasteiger partial charge is 0.373 e. The number of pyridine rings is 1. The van der Waals surface area contributed by atoms with Crippen molar-refractivity contribution in [1.82, 2.24) is 14.1 Å². The minimum atomic E-state index is -0.545. The third-order valence-corrected chi connectivity index (χ3v) is 2.63. The molecule has 2 rings (SSSR count). The minimum absolute atomic E-state index is 0.282. The molecule has 0 saturated carbocycles. The van der Waals surface area contributed by atoms with E-state index in [9.17, 15) is 9.59 Å². The van der Waals surface area contributed by atoms with Crippen LogP contribution in [-0.2, 0) is 13.6 Å². The highest BCUT2D eigenvalue weighted by atomic mass is 16.2. The van der Waals surface area contributed by atoms with Crippen molar-refractivity contribution < 1.29 is 0 Å². The Morgan fingerprint density at radius 2 is 2.00 bits per heavy atom. The molecule has 0 spiro atoms. The summed E-state index contributed by atoms with van der Waals surface area (Å²) in [5.41, 5.74) is -0.365. The summed E-state index contributed by atoms with van der Waals surface area (Å²) in [5.74, 6) is 0.726. The fourth-order valence-corrected chi connectivity index (χ4v) is 1.60. The molecule has 2 aromatic heterocycles. The van der Waals surface area contributed by atoms with Gasteiger partial charge in [-0.1, -0.05) is 6.07 Å². The molecular formula is C12H14N4O2. The van der Waals surface area contributed by atoms with Crippen molar-refractivity contribution in [3.05, 3.63) is 57.0 Å². The highest BCUT2D eigenvalue weighted by Crippen LogP contribution is 2.04. The number of rotatable bonds is 3. The van der Waals surface area contributed by atoms with Crippen LogP contribution in [0.5, 0.6) is 0 Å². The SMILES string of the molecule is CNc1cccc(Cn2ccn(C)c(=O)c2=O)n1. The van der Waals surface area contributed by atoms with Crippen molar-refractivity contribution in [3.8, 4) is 0 Å². The predicted molar refractivity (Wildman–Crippen MR) is 68.8 cm³/mol. The van der Waals surface area contributed by atoms with Gasteiger partial charge >= 0.3 is 11.1 Å². The maximum Gasteiger partial charge on any atom is 0.316 e. The molecule has 0 fully saturated rings. The van der Waals surface area contributed by atoms with Gasteiger partial charge in [0.05, 0.1) is 12.2 Å². The summed E-state index contributed by atoms with van der Waals surface area (Å²) in [6.45, 7) is 0.282. The predicted octanol–water partition coefficient (Wildman–Crippen LogP) is 0.0320. The average molecular weight is 246 g/mol. The molecule has 0 aliphatic rings. The second-order valence-electron chi connectivity index (χ2n) is 3.91. The highest BCUT2D eigenvalue weighted by molar-refractivity contribution is 5.34. The molecule has 0 aliphatic carbocycles. The summed E-state index contributed by atoms with van der Waals surface area (Å²) in [4.78, 5) is 27.5. The zero-order valence-electron chi connectivity index (χ0n) is 10.3. The fourth-order valence-electron chi connectivity index (χ4n) is 1.60. The first-order valence-electron chi connectivity index (χ1n) is 5.51. The molecule has 0 saturated heterocycles. The van der Waals surface area contributed by atoms with E-state index in [0.717, 1.165) is 11.5 Å².